The van der Waals surface area contributed by atoms with Crippen LogP contribution in [0.5, 0.6) is 0 Å². The van der Waals surface area contributed by atoms with Gasteiger partial charge in [-0.3, -0.25) is 9.59 Å². The molecule has 1 heterocycles. The van der Waals surface area contributed by atoms with Gasteiger partial charge < -0.3 is 4.90 Å². The fourth-order valence-electron chi connectivity index (χ4n) is 3.82. The Labute approximate surface area is 157 Å². The molecule has 138 valence electrons. The summed E-state index contributed by atoms with van der Waals surface area (Å²) in [5, 5.41) is 8.53. The van der Waals surface area contributed by atoms with Gasteiger partial charge in [-0.1, -0.05) is 54.8 Å². The molecule has 0 aliphatic heterocycles. The lowest BCUT2D eigenvalue weighted by molar-refractivity contribution is -0.120. The van der Waals surface area contributed by atoms with Crippen LogP contribution in [0.4, 0.5) is 5.69 Å². The molecule has 0 atom stereocenters. The van der Waals surface area contributed by atoms with E-state index in [2.05, 4.69) is 10.3 Å². The fourth-order valence-corrected chi connectivity index (χ4v) is 3.82. The minimum Gasteiger partial charge on any atom is -0.308 e. The predicted octanol–water partition coefficient (Wildman–Crippen LogP) is 3.16. The van der Waals surface area contributed by atoms with Crippen LogP contribution in [-0.4, -0.2) is 26.9 Å². The highest BCUT2D eigenvalue weighted by Crippen LogP contribution is 2.27. The van der Waals surface area contributed by atoms with Crippen molar-refractivity contribution in [3.63, 3.8) is 0 Å². The van der Waals surface area contributed by atoms with Crippen LogP contribution in [0.15, 0.2) is 59.4 Å². The summed E-state index contributed by atoms with van der Waals surface area (Å²) in [4.78, 5) is 27.7. The second-order valence-electron chi connectivity index (χ2n) is 6.96. The average Bonchev–Trinajstić information content (AvgIpc) is 2.72. The first-order valence-electron chi connectivity index (χ1n) is 9.44. The van der Waals surface area contributed by atoms with Crippen molar-refractivity contribution in [3.05, 3.63) is 65.0 Å². The molecular weight excluding hydrogens is 340 g/mol. The summed E-state index contributed by atoms with van der Waals surface area (Å²) >= 11 is 0. The van der Waals surface area contributed by atoms with Gasteiger partial charge in [0.25, 0.3) is 5.56 Å². The van der Waals surface area contributed by atoms with Crippen LogP contribution in [0, 0.1) is 0 Å². The maximum Gasteiger partial charge on any atom is 0.278 e. The first kappa shape index (κ1) is 17.4. The number of anilines is 1. The van der Waals surface area contributed by atoms with Gasteiger partial charge in [-0.25, -0.2) is 4.68 Å². The fraction of sp³-hybridized carbons (Fsp3) is 0.333. The van der Waals surface area contributed by atoms with Crippen LogP contribution in [0.25, 0.3) is 10.9 Å². The summed E-state index contributed by atoms with van der Waals surface area (Å²) in [5.74, 6) is -0.125. The monoisotopic (exact) mass is 362 g/mol. The van der Waals surface area contributed by atoms with Gasteiger partial charge in [-0.15, -0.1) is 5.10 Å². The largest absolute Gasteiger partial charge is 0.308 e. The van der Waals surface area contributed by atoms with Crippen LogP contribution in [0.2, 0.25) is 0 Å². The maximum atomic E-state index is 13.2. The van der Waals surface area contributed by atoms with Gasteiger partial charge in [-0.2, -0.15) is 0 Å². The van der Waals surface area contributed by atoms with E-state index in [0.717, 1.165) is 31.4 Å². The summed E-state index contributed by atoms with van der Waals surface area (Å²) < 4.78 is 1.17. The van der Waals surface area contributed by atoms with Crippen molar-refractivity contribution in [3.8, 4) is 0 Å². The van der Waals surface area contributed by atoms with E-state index in [1.54, 1.807) is 18.2 Å². The number of aromatic nitrogens is 3. The molecule has 1 amide bonds. The normalized spacial score (nSPS) is 15.0. The van der Waals surface area contributed by atoms with Crippen molar-refractivity contribution in [1.29, 1.82) is 0 Å². The third-order valence-electron chi connectivity index (χ3n) is 5.16. The van der Waals surface area contributed by atoms with Gasteiger partial charge in [0, 0.05) is 11.7 Å². The Balaban J connectivity index is 1.66. The Morgan fingerprint density at radius 1 is 1.00 bits per heavy atom. The number of carbonyl (C=O) groups excluding carboxylic acids is 1. The van der Waals surface area contributed by atoms with E-state index in [1.807, 2.05) is 41.3 Å². The summed E-state index contributed by atoms with van der Waals surface area (Å²) in [5.41, 5.74) is 1.13. The number of para-hydroxylation sites is 1. The summed E-state index contributed by atoms with van der Waals surface area (Å²) in [6.45, 7) is -0.109. The number of carbonyl (C=O) groups is 1. The Hall–Kier alpha value is -3.02. The number of hydrogen-bond donors (Lipinski definition) is 0. The Kier molecular flexibility index (Phi) is 4.96. The zero-order chi connectivity index (χ0) is 18.6. The van der Waals surface area contributed by atoms with E-state index in [9.17, 15) is 9.59 Å². The first-order chi connectivity index (χ1) is 13.2. The van der Waals surface area contributed by atoms with E-state index in [-0.39, 0.29) is 24.1 Å². The van der Waals surface area contributed by atoms with E-state index in [0.29, 0.717) is 10.9 Å². The van der Waals surface area contributed by atoms with Gasteiger partial charge in [-0.05, 0) is 37.1 Å². The number of amides is 1. The molecule has 0 spiro atoms. The Morgan fingerprint density at radius 2 is 1.70 bits per heavy atom. The third kappa shape index (κ3) is 3.60. The standard InChI is InChI=1S/C21H22N4O2/c26-20(15-24-21(27)18-13-7-8-14-19(18)22-23-24)25(16-9-3-1-4-10-16)17-11-5-2-6-12-17/h1,3-4,7-10,13-14,17H,2,5-6,11-12,15H2. The molecule has 0 unspecified atom stereocenters. The van der Waals surface area contributed by atoms with Crippen LogP contribution >= 0.6 is 0 Å². The third-order valence-corrected chi connectivity index (χ3v) is 5.16. The van der Waals surface area contributed by atoms with Crippen molar-refractivity contribution in [2.24, 2.45) is 0 Å². The molecule has 0 saturated heterocycles. The van der Waals surface area contributed by atoms with Crippen LogP contribution in [0.3, 0.4) is 0 Å². The molecule has 1 fully saturated rings. The minimum atomic E-state index is -0.286. The van der Waals surface area contributed by atoms with Gasteiger partial charge in [0.1, 0.15) is 12.1 Å². The summed E-state index contributed by atoms with van der Waals surface area (Å²) in [6.07, 6.45) is 5.43. The number of nitrogens with zero attached hydrogens (tertiary/aromatic N) is 4. The highest BCUT2D eigenvalue weighted by Gasteiger charge is 2.27. The molecule has 1 aliphatic carbocycles. The van der Waals surface area contributed by atoms with Gasteiger partial charge in [0.05, 0.1) is 5.39 Å². The minimum absolute atomic E-state index is 0.109. The number of fused-ring (bicyclic) bond motifs is 1. The van der Waals surface area contributed by atoms with E-state index in [4.69, 9.17) is 0 Å². The topological polar surface area (TPSA) is 68.1 Å². The molecule has 3 aromatic rings. The van der Waals surface area contributed by atoms with E-state index >= 15 is 0 Å². The molecule has 0 N–H and O–H groups in total. The molecule has 1 aromatic heterocycles. The second-order valence-corrected chi connectivity index (χ2v) is 6.96. The molecule has 1 saturated carbocycles. The average molecular weight is 362 g/mol. The highest BCUT2D eigenvalue weighted by molar-refractivity contribution is 5.94. The zero-order valence-electron chi connectivity index (χ0n) is 15.1. The Bertz CT molecular complexity index is 994. The van der Waals surface area contributed by atoms with E-state index < -0.39 is 0 Å². The second kappa shape index (κ2) is 7.70. The predicted molar refractivity (Wildman–Crippen MR) is 105 cm³/mol. The summed E-state index contributed by atoms with van der Waals surface area (Å²) in [6, 6.07) is 16.9. The highest BCUT2D eigenvalue weighted by atomic mass is 16.2. The number of benzene rings is 2. The zero-order valence-corrected chi connectivity index (χ0v) is 15.1. The quantitative estimate of drug-likeness (QED) is 0.715. The molecule has 0 radical (unpaired) electrons. The maximum absolute atomic E-state index is 13.2. The van der Waals surface area contributed by atoms with Crippen molar-refractivity contribution >= 4 is 22.5 Å². The molecule has 4 rings (SSSR count). The van der Waals surface area contributed by atoms with Crippen LogP contribution in [-0.2, 0) is 11.3 Å². The van der Waals surface area contributed by atoms with E-state index in [1.165, 1.54) is 11.1 Å². The van der Waals surface area contributed by atoms with Crippen molar-refractivity contribution in [2.75, 3.05) is 4.90 Å². The SMILES string of the molecule is O=C(Cn1nnc2ccccc2c1=O)N(c1ccccc1)C1CCCCC1. The molecule has 6 nitrogen and oxygen atoms in total. The van der Waals surface area contributed by atoms with Crippen LogP contribution in [0.1, 0.15) is 32.1 Å². The first-order valence-corrected chi connectivity index (χ1v) is 9.44. The number of hydrogen-bond acceptors (Lipinski definition) is 4. The van der Waals surface area contributed by atoms with Gasteiger partial charge in [0.15, 0.2) is 0 Å². The van der Waals surface area contributed by atoms with Gasteiger partial charge in [0.2, 0.25) is 5.91 Å². The molecule has 6 heteroatoms. The van der Waals surface area contributed by atoms with Crippen LogP contribution < -0.4 is 10.5 Å². The van der Waals surface area contributed by atoms with Crippen molar-refractivity contribution in [1.82, 2.24) is 15.0 Å². The molecular formula is C21H22N4O2. The smallest absolute Gasteiger partial charge is 0.278 e. The number of rotatable bonds is 4. The van der Waals surface area contributed by atoms with Crippen molar-refractivity contribution < 1.29 is 4.79 Å². The molecule has 27 heavy (non-hydrogen) atoms. The molecule has 2 aromatic carbocycles. The molecule has 0 bridgehead atoms. The van der Waals surface area contributed by atoms with Crippen molar-refractivity contribution in [2.45, 2.75) is 44.7 Å². The lowest BCUT2D eigenvalue weighted by Gasteiger charge is -2.34. The molecule has 1 aliphatic rings. The Morgan fingerprint density at radius 3 is 2.48 bits per heavy atom. The lowest BCUT2D eigenvalue weighted by atomic mass is 9.93. The van der Waals surface area contributed by atoms with Gasteiger partial charge >= 0.3 is 0 Å². The summed E-state index contributed by atoms with van der Waals surface area (Å²) in [7, 11) is 0. The lowest BCUT2D eigenvalue weighted by Crippen LogP contribution is -2.45.